The third-order valence-corrected chi connectivity index (χ3v) is 8.98. The van der Waals surface area contributed by atoms with Crippen molar-refractivity contribution in [3.8, 4) is 17.6 Å². The smallest absolute Gasteiger partial charge is 0.247 e. The molecule has 3 aromatic rings. The molecule has 0 unspecified atom stereocenters. The number of sulfonamides is 1. The monoisotopic (exact) mass is 564 g/mol. The highest BCUT2D eigenvalue weighted by atomic mass is 32.2. The molecule has 0 fully saturated rings. The maximum absolute atomic E-state index is 14.1. The number of carbonyl (C=O) groups is 1. The SMILES string of the molecule is C[C@H](CO)N1C[C@H](C)[C@H](CN(C)C(=O)Cc2ccccc2)Oc2cc(C#Cc3ccccc3F)ccc2S1(=O)=O. The van der Waals surface area contributed by atoms with Crippen LogP contribution in [0.1, 0.15) is 30.5 Å². The van der Waals surface area contributed by atoms with Gasteiger partial charge in [-0.3, -0.25) is 4.79 Å². The second-order valence-electron chi connectivity index (χ2n) is 10.1. The predicted molar refractivity (Wildman–Crippen MR) is 151 cm³/mol. The third-order valence-electron chi connectivity index (χ3n) is 6.96. The summed E-state index contributed by atoms with van der Waals surface area (Å²) in [4.78, 5) is 14.5. The zero-order chi connectivity index (χ0) is 28.9. The van der Waals surface area contributed by atoms with E-state index < -0.39 is 28.0 Å². The van der Waals surface area contributed by atoms with E-state index in [2.05, 4.69) is 11.8 Å². The molecule has 3 atom stereocenters. The molecule has 0 saturated heterocycles. The molecule has 40 heavy (non-hydrogen) atoms. The largest absolute Gasteiger partial charge is 0.487 e. The van der Waals surface area contributed by atoms with Crippen LogP contribution in [0.5, 0.6) is 5.75 Å². The molecule has 0 radical (unpaired) electrons. The quantitative estimate of drug-likeness (QED) is 0.462. The van der Waals surface area contributed by atoms with E-state index in [0.29, 0.717) is 5.56 Å². The number of likely N-dealkylation sites (N-methyl/N-ethyl adjacent to an activating group) is 1. The highest BCUT2D eigenvalue weighted by molar-refractivity contribution is 7.89. The molecule has 1 heterocycles. The van der Waals surface area contributed by atoms with Crippen LogP contribution in [0, 0.1) is 23.6 Å². The van der Waals surface area contributed by atoms with Crippen molar-refractivity contribution in [1.29, 1.82) is 0 Å². The van der Waals surface area contributed by atoms with Crippen molar-refractivity contribution < 1.29 is 27.4 Å². The van der Waals surface area contributed by atoms with Crippen LogP contribution < -0.4 is 4.74 Å². The fourth-order valence-corrected chi connectivity index (χ4v) is 6.33. The van der Waals surface area contributed by atoms with Crippen molar-refractivity contribution in [1.82, 2.24) is 9.21 Å². The normalized spacial score (nSPS) is 19.1. The van der Waals surface area contributed by atoms with Gasteiger partial charge in [0, 0.05) is 31.1 Å². The summed E-state index contributed by atoms with van der Waals surface area (Å²) in [5.41, 5.74) is 1.55. The van der Waals surface area contributed by atoms with Crippen LogP contribution in [-0.2, 0) is 21.2 Å². The Morgan fingerprint density at radius 1 is 1.12 bits per heavy atom. The molecule has 0 spiro atoms. The first-order valence-corrected chi connectivity index (χ1v) is 14.5. The summed E-state index contributed by atoms with van der Waals surface area (Å²) in [7, 11) is -2.33. The van der Waals surface area contributed by atoms with Gasteiger partial charge in [-0.15, -0.1) is 0 Å². The second kappa shape index (κ2) is 12.6. The number of benzene rings is 3. The molecule has 4 rings (SSSR count). The molecule has 3 aromatic carbocycles. The summed E-state index contributed by atoms with van der Waals surface area (Å²) >= 11 is 0. The molecule has 1 aliphatic heterocycles. The zero-order valence-corrected chi connectivity index (χ0v) is 23.6. The van der Waals surface area contributed by atoms with E-state index in [9.17, 15) is 22.7 Å². The standard InChI is InChI=1S/C31H33FN2O5S/c1-22-19-34(23(2)21-35)40(37,38)30-16-14-25(13-15-26-11-7-8-12-27(26)32)17-28(30)39-29(22)20-33(3)31(36)18-24-9-5-4-6-10-24/h4-12,14,16-17,22-23,29,35H,18-21H2,1-3H3/t22-,23+,29-/m0/s1. The second-order valence-corrected chi connectivity index (χ2v) is 11.9. The molecule has 9 heteroatoms. The number of hydrogen-bond donors (Lipinski definition) is 1. The maximum Gasteiger partial charge on any atom is 0.247 e. The first-order chi connectivity index (χ1) is 19.1. The van der Waals surface area contributed by atoms with Crippen molar-refractivity contribution >= 4 is 15.9 Å². The first-order valence-electron chi connectivity index (χ1n) is 13.1. The Labute approximate surface area is 235 Å². The number of fused-ring (bicyclic) bond motifs is 1. The molecule has 7 nitrogen and oxygen atoms in total. The van der Waals surface area contributed by atoms with E-state index in [4.69, 9.17) is 4.74 Å². The zero-order valence-electron chi connectivity index (χ0n) is 22.7. The molecule has 0 aliphatic carbocycles. The number of aliphatic hydroxyl groups is 1. The minimum absolute atomic E-state index is 0.0561. The number of nitrogens with zero attached hydrogens (tertiary/aromatic N) is 2. The number of amides is 1. The summed E-state index contributed by atoms with van der Waals surface area (Å²) in [6, 6.07) is 19.4. The highest BCUT2D eigenvalue weighted by Gasteiger charge is 2.38. The van der Waals surface area contributed by atoms with E-state index in [1.807, 2.05) is 37.3 Å². The highest BCUT2D eigenvalue weighted by Crippen LogP contribution is 2.34. The van der Waals surface area contributed by atoms with Gasteiger partial charge in [-0.1, -0.05) is 61.2 Å². The van der Waals surface area contributed by atoms with Gasteiger partial charge < -0.3 is 14.7 Å². The Balaban J connectivity index is 1.68. The Morgan fingerprint density at radius 2 is 1.82 bits per heavy atom. The number of hydrogen-bond acceptors (Lipinski definition) is 5. The number of carbonyl (C=O) groups excluding carboxylic acids is 1. The van der Waals surface area contributed by atoms with E-state index in [-0.39, 0.29) is 54.2 Å². The topological polar surface area (TPSA) is 87.2 Å². The molecule has 1 amide bonds. The lowest BCUT2D eigenvalue weighted by Crippen LogP contribution is -2.50. The molecule has 0 bridgehead atoms. The van der Waals surface area contributed by atoms with Gasteiger partial charge in [0.05, 0.1) is 25.1 Å². The van der Waals surface area contributed by atoms with E-state index in [1.54, 1.807) is 43.1 Å². The molecular formula is C31H33FN2O5S. The number of halogens is 1. The Morgan fingerprint density at radius 3 is 2.52 bits per heavy atom. The third kappa shape index (κ3) is 6.70. The summed E-state index contributed by atoms with van der Waals surface area (Å²) in [5.74, 6) is 4.90. The van der Waals surface area contributed by atoms with Crippen LogP contribution >= 0.6 is 0 Å². The van der Waals surface area contributed by atoms with Crippen LogP contribution in [-0.4, -0.2) is 67.5 Å². The van der Waals surface area contributed by atoms with Crippen molar-refractivity contribution in [3.63, 3.8) is 0 Å². The lowest BCUT2D eigenvalue weighted by Gasteiger charge is -2.37. The van der Waals surface area contributed by atoms with Crippen molar-refractivity contribution in [2.45, 2.75) is 37.3 Å². The lowest BCUT2D eigenvalue weighted by atomic mass is 10.0. The van der Waals surface area contributed by atoms with Crippen LogP contribution in [0.2, 0.25) is 0 Å². The lowest BCUT2D eigenvalue weighted by molar-refractivity contribution is -0.130. The molecule has 0 saturated carbocycles. The van der Waals surface area contributed by atoms with Gasteiger partial charge in [-0.2, -0.15) is 4.31 Å². The Hall–Kier alpha value is -3.71. The first kappa shape index (κ1) is 29.3. The van der Waals surface area contributed by atoms with Crippen LogP contribution in [0.15, 0.2) is 77.7 Å². The van der Waals surface area contributed by atoms with Crippen LogP contribution in [0.25, 0.3) is 0 Å². The van der Waals surface area contributed by atoms with Crippen LogP contribution in [0.4, 0.5) is 4.39 Å². The van der Waals surface area contributed by atoms with Gasteiger partial charge in [0.2, 0.25) is 15.9 Å². The molecule has 210 valence electrons. The van der Waals surface area contributed by atoms with Crippen molar-refractivity contribution in [3.05, 3.63) is 95.3 Å². The average molecular weight is 565 g/mol. The summed E-state index contributed by atoms with van der Waals surface area (Å²) < 4.78 is 49.0. The Kier molecular flexibility index (Phi) is 9.25. The van der Waals surface area contributed by atoms with Gasteiger partial charge in [-0.05, 0) is 42.8 Å². The maximum atomic E-state index is 14.1. The van der Waals surface area contributed by atoms with Gasteiger partial charge >= 0.3 is 0 Å². The number of ether oxygens (including phenoxy) is 1. The minimum Gasteiger partial charge on any atom is -0.487 e. The molecule has 1 N–H and O–H groups in total. The minimum atomic E-state index is -4.03. The van der Waals surface area contributed by atoms with Gasteiger partial charge in [0.1, 0.15) is 22.6 Å². The van der Waals surface area contributed by atoms with Gasteiger partial charge in [-0.25, -0.2) is 12.8 Å². The van der Waals surface area contributed by atoms with Gasteiger partial charge in [0.15, 0.2) is 0 Å². The van der Waals surface area contributed by atoms with Crippen molar-refractivity contribution in [2.75, 3.05) is 26.7 Å². The van der Waals surface area contributed by atoms with E-state index in [0.717, 1.165) is 5.56 Å². The summed E-state index contributed by atoms with van der Waals surface area (Å²) in [6.45, 7) is 3.47. The Bertz CT molecular complexity index is 1520. The predicted octanol–water partition coefficient (Wildman–Crippen LogP) is 3.70. The average Bonchev–Trinajstić information content (AvgIpc) is 2.94. The summed E-state index contributed by atoms with van der Waals surface area (Å²) in [6.07, 6.45) is -0.325. The van der Waals surface area contributed by atoms with E-state index >= 15 is 0 Å². The summed E-state index contributed by atoms with van der Waals surface area (Å²) in [5, 5.41) is 9.85. The molecular weight excluding hydrogens is 531 g/mol. The number of aliphatic hydroxyl groups excluding tert-OH is 1. The number of rotatable bonds is 6. The fourth-order valence-electron chi connectivity index (χ4n) is 4.50. The van der Waals surface area contributed by atoms with Gasteiger partial charge in [0.25, 0.3) is 0 Å². The molecule has 0 aromatic heterocycles. The van der Waals surface area contributed by atoms with Crippen molar-refractivity contribution in [2.24, 2.45) is 5.92 Å². The fraction of sp³-hybridized carbons (Fsp3) is 0.323. The van der Waals surface area contributed by atoms with Crippen LogP contribution in [0.3, 0.4) is 0 Å². The molecule has 1 aliphatic rings. The van der Waals surface area contributed by atoms with E-state index in [1.165, 1.54) is 22.5 Å².